The van der Waals surface area contributed by atoms with Crippen LogP contribution in [0.5, 0.6) is 0 Å². The number of aromatic nitrogens is 2. The lowest BCUT2D eigenvalue weighted by atomic mass is 10.0. The molecule has 6 heteroatoms. The van der Waals surface area contributed by atoms with Crippen molar-refractivity contribution in [2.45, 2.75) is 33.2 Å². The Labute approximate surface area is 135 Å². The first kappa shape index (κ1) is 16.7. The third-order valence-corrected chi connectivity index (χ3v) is 4.02. The molecule has 0 saturated heterocycles. The molecule has 0 saturated carbocycles. The average Bonchev–Trinajstić information content (AvgIpc) is 2.78. The van der Waals surface area contributed by atoms with Crippen molar-refractivity contribution in [1.82, 2.24) is 15.1 Å². The lowest BCUT2D eigenvalue weighted by molar-refractivity contribution is 0.0696. The maximum Gasteiger partial charge on any atom is 0.335 e. The molecule has 0 bridgehead atoms. The Morgan fingerprint density at radius 3 is 2.22 bits per heavy atom. The largest absolute Gasteiger partial charge is 0.478 e. The van der Waals surface area contributed by atoms with Gasteiger partial charge in [-0.1, -0.05) is 6.92 Å². The number of hydrogen-bond acceptors (Lipinski definition) is 3. The maximum atomic E-state index is 12.4. The lowest BCUT2D eigenvalue weighted by Gasteiger charge is -2.18. The number of rotatable bonds is 5. The number of carbonyl (C=O) groups excluding carboxylic acids is 1. The van der Waals surface area contributed by atoms with Gasteiger partial charge in [0, 0.05) is 23.9 Å². The van der Waals surface area contributed by atoms with Crippen molar-refractivity contribution in [2.24, 2.45) is 7.05 Å². The minimum absolute atomic E-state index is 0.129. The van der Waals surface area contributed by atoms with Gasteiger partial charge in [0.05, 0.1) is 17.3 Å². The summed E-state index contributed by atoms with van der Waals surface area (Å²) >= 11 is 0. The monoisotopic (exact) mass is 315 g/mol. The van der Waals surface area contributed by atoms with Gasteiger partial charge in [0.25, 0.3) is 5.91 Å². The number of aryl methyl sites for hydroxylation is 2. The Morgan fingerprint density at radius 2 is 1.78 bits per heavy atom. The molecule has 0 aliphatic carbocycles. The highest BCUT2D eigenvalue weighted by molar-refractivity contribution is 5.96. The molecule has 0 radical (unpaired) electrons. The molecule has 2 rings (SSSR count). The van der Waals surface area contributed by atoms with Crippen LogP contribution >= 0.6 is 0 Å². The van der Waals surface area contributed by atoms with Gasteiger partial charge in [-0.15, -0.1) is 0 Å². The first-order valence-corrected chi connectivity index (χ1v) is 7.49. The number of carboxylic acid groups (broad SMARTS) is 1. The van der Waals surface area contributed by atoms with Crippen LogP contribution in [0.1, 0.15) is 57.1 Å². The minimum atomic E-state index is -1.01. The van der Waals surface area contributed by atoms with Crippen LogP contribution in [0.25, 0.3) is 0 Å². The number of hydrogen-bond donors (Lipinski definition) is 2. The molecule has 122 valence electrons. The predicted octanol–water partition coefficient (Wildman–Crippen LogP) is 2.62. The smallest absolute Gasteiger partial charge is 0.335 e. The number of amides is 1. The number of carboxylic acids is 1. The lowest BCUT2D eigenvalue weighted by Crippen LogP contribution is -2.29. The van der Waals surface area contributed by atoms with Crippen molar-refractivity contribution < 1.29 is 14.7 Å². The summed E-state index contributed by atoms with van der Waals surface area (Å²) in [7, 11) is 1.88. The average molecular weight is 315 g/mol. The molecule has 1 unspecified atom stereocenters. The van der Waals surface area contributed by atoms with Gasteiger partial charge in [-0.2, -0.15) is 5.10 Å². The van der Waals surface area contributed by atoms with Crippen molar-refractivity contribution in [1.29, 1.82) is 0 Å². The highest BCUT2D eigenvalue weighted by atomic mass is 16.4. The SMILES string of the molecule is CCC(NC(=O)c1ccc(C(=O)O)cc1)c1c(C)nn(C)c1C. The number of aromatic carboxylic acids is 1. The van der Waals surface area contributed by atoms with E-state index in [9.17, 15) is 9.59 Å². The molecule has 1 amide bonds. The summed E-state index contributed by atoms with van der Waals surface area (Å²) < 4.78 is 1.81. The van der Waals surface area contributed by atoms with Gasteiger partial charge in [0.1, 0.15) is 0 Å². The summed E-state index contributed by atoms with van der Waals surface area (Å²) in [6.07, 6.45) is 0.742. The van der Waals surface area contributed by atoms with E-state index in [2.05, 4.69) is 10.4 Å². The highest BCUT2D eigenvalue weighted by Crippen LogP contribution is 2.24. The number of carbonyl (C=O) groups is 2. The normalized spacial score (nSPS) is 12.0. The molecule has 6 nitrogen and oxygen atoms in total. The Balaban J connectivity index is 2.21. The maximum absolute atomic E-state index is 12.4. The second-order valence-corrected chi connectivity index (χ2v) is 5.52. The van der Waals surface area contributed by atoms with Gasteiger partial charge in [0.15, 0.2) is 0 Å². The fourth-order valence-corrected chi connectivity index (χ4v) is 2.68. The van der Waals surface area contributed by atoms with Crippen LogP contribution in [0.4, 0.5) is 0 Å². The van der Waals surface area contributed by atoms with Crippen LogP contribution in [0.3, 0.4) is 0 Å². The highest BCUT2D eigenvalue weighted by Gasteiger charge is 2.21. The van der Waals surface area contributed by atoms with Crippen molar-refractivity contribution in [2.75, 3.05) is 0 Å². The van der Waals surface area contributed by atoms with Crippen molar-refractivity contribution in [3.63, 3.8) is 0 Å². The zero-order chi connectivity index (χ0) is 17.1. The fourth-order valence-electron chi connectivity index (χ4n) is 2.68. The molecule has 1 aromatic carbocycles. The van der Waals surface area contributed by atoms with E-state index < -0.39 is 5.97 Å². The van der Waals surface area contributed by atoms with E-state index in [1.807, 2.05) is 27.8 Å². The summed E-state index contributed by atoms with van der Waals surface area (Å²) in [5.41, 5.74) is 3.56. The summed E-state index contributed by atoms with van der Waals surface area (Å²) in [4.78, 5) is 23.3. The van der Waals surface area contributed by atoms with Gasteiger partial charge in [0.2, 0.25) is 0 Å². The Kier molecular flexibility index (Phi) is 4.83. The van der Waals surface area contributed by atoms with Crippen molar-refractivity contribution >= 4 is 11.9 Å². The second kappa shape index (κ2) is 6.64. The fraction of sp³-hybridized carbons (Fsp3) is 0.353. The molecule has 2 aromatic rings. The molecule has 1 atom stereocenters. The van der Waals surface area contributed by atoms with E-state index in [-0.39, 0.29) is 17.5 Å². The van der Waals surface area contributed by atoms with E-state index in [1.165, 1.54) is 24.3 Å². The quantitative estimate of drug-likeness (QED) is 0.888. The van der Waals surface area contributed by atoms with Gasteiger partial charge in [-0.25, -0.2) is 4.79 Å². The van der Waals surface area contributed by atoms with E-state index in [1.54, 1.807) is 4.68 Å². The Morgan fingerprint density at radius 1 is 1.22 bits per heavy atom. The molecule has 0 aliphatic heterocycles. The molecule has 1 aromatic heterocycles. The number of nitrogens with one attached hydrogen (secondary N) is 1. The zero-order valence-electron chi connectivity index (χ0n) is 13.8. The van der Waals surface area contributed by atoms with E-state index in [0.717, 1.165) is 23.4 Å². The molecule has 0 fully saturated rings. The van der Waals surface area contributed by atoms with Gasteiger partial charge in [-0.3, -0.25) is 9.48 Å². The van der Waals surface area contributed by atoms with Crippen LogP contribution in [-0.2, 0) is 7.05 Å². The summed E-state index contributed by atoms with van der Waals surface area (Å²) in [5, 5.41) is 16.3. The first-order valence-electron chi connectivity index (χ1n) is 7.49. The molecule has 0 spiro atoms. The van der Waals surface area contributed by atoms with Crippen LogP contribution in [0, 0.1) is 13.8 Å². The van der Waals surface area contributed by atoms with E-state index in [4.69, 9.17) is 5.11 Å². The number of benzene rings is 1. The van der Waals surface area contributed by atoms with Crippen LogP contribution in [0.2, 0.25) is 0 Å². The Hall–Kier alpha value is -2.63. The van der Waals surface area contributed by atoms with E-state index >= 15 is 0 Å². The molecule has 1 heterocycles. The van der Waals surface area contributed by atoms with E-state index in [0.29, 0.717) is 5.56 Å². The molecule has 2 N–H and O–H groups in total. The van der Waals surface area contributed by atoms with Crippen molar-refractivity contribution in [3.8, 4) is 0 Å². The number of nitrogens with zero attached hydrogens (tertiary/aromatic N) is 2. The predicted molar refractivity (Wildman–Crippen MR) is 86.6 cm³/mol. The molecular formula is C17H21N3O3. The molecular weight excluding hydrogens is 294 g/mol. The minimum Gasteiger partial charge on any atom is -0.478 e. The van der Waals surface area contributed by atoms with Crippen molar-refractivity contribution in [3.05, 3.63) is 52.3 Å². The van der Waals surface area contributed by atoms with Crippen LogP contribution in [-0.4, -0.2) is 26.8 Å². The summed E-state index contributed by atoms with van der Waals surface area (Å²) in [6, 6.07) is 5.77. The molecule has 0 aliphatic rings. The van der Waals surface area contributed by atoms with Gasteiger partial charge >= 0.3 is 5.97 Å². The summed E-state index contributed by atoms with van der Waals surface area (Å²) in [6.45, 7) is 5.91. The third kappa shape index (κ3) is 3.41. The van der Waals surface area contributed by atoms with Crippen LogP contribution < -0.4 is 5.32 Å². The topological polar surface area (TPSA) is 84.2 Å². The summed E-state index contributed by atoms with van der Waals surface area (Å²) in [5.74, 6) is -1.23. The zero-order valence-corrected chi connectivity index (χ0v) is 13.8. The first-order chi connectivity index (χ1) is 10.8. The van der Waals surface area contributed by atoms with Crippen LogP contribution in [0.15, 0.2) is 24.3 Å². The second-order valence-electron chi connectivity index (χ2n) is 5.52. The van der Waals surface area contributed by atoms with Gasteiger partial charge < -0.3 is 10.4 Å². The Bertz CT molecular complexity index is 732. The third-order valence-electron chi connectivity index (χ3n) is 4.02. The van der Waals surface area contributed by atoms with Gasteiger partial charge in [-0.05, 0) is 44.5 Å². The molecule has 23 heavy (non-hydrogen) atoms. The standard InChI is InChI=1S/C17H21N3O3/c1-5-14(15-10(2)19-20(4)11(15)3)18-16(21)12-6-8-13(9-7-12)17(22)23/h6-9,14H,5H2,1-4H3,(H,18,21)(H,22,23).